The Morgan fingerprint density at radius 3 is 2.32 bits per heavy atom. The maximum atomic E-state index is 13.6. The zero-order chi connectivity index (χ0) is 22.3. The fourth-order valence-electron chi connectivity index (χ4n) is 3.95. The van der Waals surface area contributed by atoms with Gasteiger partial charge in [0.2, 0.25) is 0 Å². The monoisotopic (exact) mass is 492 g/mol. The fourth-order valence-corrected chi connectivity index (χ4v) is 4.55. The second-order valence-electron chi connectivity index (χ2n) is 7.86. The average molecular weight is 494 g/mol. The number of anilines is 1. The summed E-state index contributed by atoms with van der Waals surface area (Å²) in [6.45, 7) is 8.00. The van der Waals surface area contributed by atoms with Crippen LogP contribution in [0.4, 0.5) is 5.69 Å². The predicted octanol–water partition coefficient (Wildman–Crippen LogP) is 7.80. The number of carbonyl (C=O) groups excluding carboxylic acids is 1. The molecule has 0 fully saturated rings. The van der Waals surface area contributed by atoms with E-state index < -0.39 is 0 Å². The minimum atomic E-state index is -0.143. The summed E-state index contributed by atoms with van der Waals surface area (Å²) >= 11 is 9.56. The molecule has 0 atom stereocenters. The normalized spacial score (nSPS) is 11.0. The van der Waals surface area contributed by atoms with Crippen molar-refractivity contribution < 1.29 is 4.79 Å². The Morgan fingerprint density at radius 2 is 1.65 bits per heavy atom. The predicted molar refractivity (Wildman–Crippen MR) is 133 cm³/mol. The number of nitrogens with one attached hydrogen (secondary N) is 1. The molecule has 3 nitrogen and oxygen atoms in total. The number of aryl methyl sites for hydroxylation is 3. The van der Waals surface area contributed by atoms with Gasteiger partial charge in [-0.2, -0.15) is 0 Å². The van der Waals surface area contributed by atoms with Crippen LogP contribution in [0.15, 0.2) is 59.1 Å². The summed E-state index contributed by atoms with van der Waals surface area (Å²) in [6, 6.07) is 17.5. The van der Waals surface area contributed by atoms with Gasteiger partial charge in [0.05, 0.1) is 16.8 Å². The van der Waals surface area contributed by atoms with Crippen molar-refractivity contribution >= 4 is 50.0 Å². The van der Waals surface area contributed by atoms with Crippen LogP contribution in [0.3, 0.4) is 0 Å². The number of carbonyl (C=O) groups is 1. The van der Waals surface area contributed by atoms with E-state index in [0.29, 0.717) is 10.6 Å². The molecular weight excluding hydrogens is 472 g/mol. The molecule has 0 bridgehead atoms. The Labute approximate surface area is 195 Å². The van der Waals surface area contributed by atoms with Crippen LogP contribution < -0.4 is 5.32 Å². The number of hydrogen-bond acceptors (Lipinski definition) is 2. The van der Waals surface area contributed by atoms with Crippen LogP contribution in [0.25, 0.3) is 22.2 Å². The Balaban J connectivity index is 1.94. The quantitative estimate of drug-likeness (QED) is 0.316. The standard InChI is InChI=1S/C26H22BrClN2O/c1-14-11-16(3)24-21(12-14)23(26(31)29-22-10-7-19(27)13-15(22)2)17(4)25(30-24)18-5-8-20(28)9-6-18/h5-13H,1-4H3,(H,29,31). The van der Waals surface area contributed by atoms with Crippen LogP contribution in [0.2, 0.25) is 5.02 Å². The zero-order valence-electron chi connectivity index (χ0n) is 17.8. The van der Waals surface area contributed by atoms with Crippen LogP contribution in [0.5, 0.6) is 0 Å². The van der Waals surface area contributed by atoms with Crippen molar-refractivity contribution in [2.75, 3.05) is 5.32 Å². The van der Waals surface area contributed by atoms with Crippen LogP contribution in [0.1, 0.15) is 32.6 Å². The Kier molecular flexibility index (Phi) is 5.87. The maximum Gasteiger partial charge on any atom is 0.256 e. The molecular formula is C26H22BrClN2O. The first-order valence-electron chi connectivity index (χ1n) is 9.99. The van der Waals surface area contributed by atoms with E-state index in [1.54, 1.807) is 0 Å². The number of rotatable bonds is 3. The van der Waals surface area contributed by atoms with Crippen LogP contribution in [0, 0.1) is 27.7 Å². The van der Waals surface area contributed by atoms with E-state index >= 15 is 0 Å². The SMILES string of the molecule is Cc1cc(C)c2nc(-c3ccc(Cl)cc3)c(C)c(C(=O)Nc3ccc(Br)cc3C)c2c1. The summed E-state index contributed by atoms with van der Waals surface area (Å²) in [4.78, 5) is 18.5. The molecule has 156 valence electrons. The molecule has 4 aromatic rings. The lowest BCUT2D eigenvalue weighted by Gasteiger charge is -2.17. The number of hydrogen-bond donors (Lipinski definition) is 1. The number of aromatic nitrogens is 1. The molecule has 1 heterocycles. The van der Waals surface area contributed by atoms with Gasteiger partial charge in [0.15, 0.2) is 0 Å². The number of nitrogens with zero attached hydrogens (tertiary/aromatic N) is 1. The Bertz CT molecular complexity index is 1330. The van der Waals surface area contributed by atoms with Crippen LogP contribution in [-0.4, -0.2) is 10.9 Å². The number of pyridine rings is 1. The number of benzene rings is 3. The molecule has 3 aromatic carbocycles. The van der Waals surface area contributed by atoms with E-state index in [1.807, 2.05) is 76.2 Å². The largest absolute Gasteiger partial charge is 0.322 e. The molecule has 1 N–H and O–H groups in total. The third-order valence-electron chi connectivity index (χ3n) is 5.45. The smallest absolute Gasteiger partial charge is 0.256 e. The lowest BCUT2D eigenvalue weighted by molar-refractivity contribution is 0.102. The van der Waals surface area contributed by atoms with Crippen molar-refractivity contribution in [1.82, 2.24) is 4.98 Å². The first-order valence-corrected chi connectivity index (χ1v) is 11.2. The molecule has 5 heteroatoms. The van der Waals surface area contributed by atoms with Gasteiger partial charge < -0.3 is 5.32 Å². The van der Waals surface area contributed by atoms with Crippen molar-refractivity contribution in [2.45, 2.75) is 27.7 Å². The summed E-state index contributed by atoms with van der Waals surface area (Å²) in [5, 5.41) is 4.63. The minimum absolute atomic E-state index is 0.143. The van der Waals surface area contributed by atoms with Gasteiger partial charge in [-0.25, -0.2) is 4.98 Å². The first-order chi connectivity index (χ1) is 14.7. The number of fused-ring (bicyclic) bond motifs is 1. The van der Waals surface area contributed by atoms with E-state index in [-0.39, 0.29) is 5.91 Å². The fraction of sp³-hybridized carbons (Fsp3) is 0.154. The summed E-state index contributed by atoms with van der Waals surface area (Å²) in [5.74, 6) is -0.143. The van der Waals surface area contributed by atoms with Gasteiger partial charge in [-0.05, 0) is 80.8 Å². The summed E-state index contributed by atoms with van der Waals surface area (Å²) in [5.41, 5.74) is 7.94. The van der Waals surface area contributed by atoms with E-state index in [9.17, 15) is 4.79 Å². The van der Waals surface area contributed by atoms with E-state index in [1.165, 1.54) is 0 Å². The number of halogens is 2. The molecule has 0 unspecified atom stereocenters. The van der Waals surface area contributed by atoms with Crippen molar-refractivity contribution in [2.24, 2.45) is 0 Å². The highest BCUT2D eigenvalue weighted by Crippen LogP contribution is 2.33. The van der Waals surface area contributed by atoms with Crippen molar-refractivity contribution in [3.05, 3.63) is 91.9 Å². The zero-order valence-corrected chi connectivity index (χ0v) is 20.1. The molecule has 4 rings (SSSR count). The molecule has 1 amide bonds. The van der Waals surface area contributed by atoms with Gasteiger partial charge in [-0.3, -0.25) is 4.79 Å². The molecule has 0 spiro atoms. The molecule has 0 aliphatic carbocycles. The van der Waals surface area contributed by atoms with Crippen molar-refractivity contribution in [1.29, 1.82) is 0 Å². The van der Waals surface area contributed by atoms with Gasteiger partial charge in [-0.1, -0.05) is 51.3 Å². The Morgan fingerprint density at radius 1 is 0.935 bits per heavy atom. The van der Waals surface area contributed by atoms with Crippen LogP contribution in [-0.2, 0) is 0 Å². The molecule has 0 aliphatic rings. The molecule has 1 aromatic heterocycles. The molecule has 0 radical (unpaired) electrons. The van der Waals surface area contributed by atoms with Crippen LogP contribution >= 0.6 is 27.5 Å². The molecule has 31 heavy (non-hydrogen) atoms. The third-order valence-corrected chi connectivity index (χ3v) is 6.19. The first kappa shape index (κ1) is 21.5. The summed E-state index contributed by atoms with van der Waals surface area (Å²) < 4.78 is 0.977. The Hall–Kier alpha value is -2.69. The maximum absolute atomic E-state index is 13.6. The van der Waals surface area contributed by atoms with E-state index in [4.69, 9.17) is 16.6 Å². The highest BCUT2D eigenvalue weighted by Gasteiger charge is 2.21. The van der Waals surface area contributed by atoms with Gasteiger partial charge in [-0.15, -0.1) is 0 Å². The van der Waals surface area contributed by atoms with E-state index in [2.05, 4.69) is 27.3 Å². The lowest BCUT2D eigenvalue weighted by Crippen LogP contribution is -2.16. The third kappa shape index (κ3) is 4.23. The summed E-state index contributed by atoms with van der Waals surface area (Å²) in [7, 11) is 0. The topological polar surface area (TPSA) is 42.0 Å². The second-order valence-corrected chi connectivity index (χ2v) is 9.21. The van der Waals surface area contributed by atoms with Crippen molar-refractivity contribution in [3.63, 3.8) is 0 Å². The lowest BCUT2D eigenvalue weighted by atomic mass is 9.94. The number of amides is 1. The summed E-state index contributed by atoms with van der Waals surface area (Å²) in [6.07, 6.45) is 0. The van der Waals surface area contributed by atoms with Gasteiger partial charge >= 0.3 is 0 Å². The van der Waals surface area contributed by atoms with E-state index in [0.717, 1.165) is 54.6 Å². The highest BCUT2D eigenvalue weighted by atomic mass is 79.9. The van der Waals surface area contributed by atoms with Gasteiger partial charge in [0.25, 0.3) is 5.91 Å². The van der Waals surface area contributed by atoms with Crippen molar-refractivity contribution in [3.8, 4) is 11.3 Å². The second kappa shape index (κ2) is 8.45. The highest BCUT2D eigenvalue weighted by molar-refractivity contribution is 9.10. The average Bonchev–Trinajstić information content (AvgIpc) is 2.70. The van der Waals surface area contributed by atoms with Gasteiger partial charge in [0.1, 0.15) is 0 Å². The van der Waals surface area contributed by atoms with Gasteiger partial charge in [0, 0.05) is 26.1 Å². The molecule has 0 saturated carbocycles. The minimum Gasteiger partial charge on any atom is -0.322 e. The molecule has 0 aliphatic heterocycles. The molecule has 0 saturated heterocycles.